The van der Waals surface area contributed by atoms with E-state index in [0.717, 1.165) is 17.7 Å². The number of thiophene rings is 2. The van der Waals surface area contributed by atoms with E-state index in [-0.39, 0.29) is 11.9 Å². The molecule has 0 aliphatic rings. The van der Waals surface area contributed by atoms with Crippen molar-refractivity contribution >= 4 is 32.1 Å². The van der Waals surface area contributed by atoms with Gasteiger partial charge in [-0.25, -0.2) is 4.39 Å². The van der Waals surface area contributed by atoms with Crippen LogP contribution in [0.3, 0.4) is 0 Å². The quantitative estimate of drug-likeness (QED) is 0.706. The molecule has 20 heavy (non-hydrogen) atoms. The third-order valence-electron chi connectivity index (χ3n) is 3.25. The van der Waals surface area contributed by atoms with Crippen molar-refractivity contribution in [3.8, 4) is 0 Å². The Morgan fingerprint density at radius 3 is 2.75 bits per heavy atom. The van der Waals surface area contributed by atoms with Crippen molar-refractivity contribution in [3.05, 3.63) is 57.5 Å². The van der Waals surface area contributed by atoms with Crippen LogP contribution in [0.4, 0.5) is 4.39 Å². The minimum Gasteiger partial charge on any atom is -0.306 e. The van der Waals surface area contributed by atoms with Gasteiger partial charge in [0, 0.05) is 14.3 Å². The van der Waals surface area contributed by atoms with Gasteiger partial charge in [-0.05, 0) is 54.2 Å². The zero-order chi connectivity index (χ0) is 14.1. The van der Waals surface area contributed by atoms with E-state index in [9.17, 15) is 4.39 Å². The lowest BCUT2D eigenvalue weighted by Gasteiger charge is -2.17. The fourth-order valence-electron chi connectivity index (χ4n) is 2.44. The number of hydrogen-bond donors (Lipinski definition) is 1. The van der Waals surface area contributed by atoms with Crippen molar-refractivity contribution in [1.29, 1.82) is 0 Å². The Hall–Kier alpha value is -1.23. The van der Waals surface area contributed by atoms with E-state index >= 15 is 0 Å². The second kappa shape index (κ2) is 5.64. The van der Waals surface area contributed by atoms with Crippen LogP contribution in [-0.2, 0) is 0 Å². The van der Waals surface area contributed by atoms with Crippen molar-refractivity contribution in [1.82, 2.24) is 5.32 Å². The molecule has 0 radical (unpaired) electrons. The average Bonchev–Trinajstić information content (AvgIpc) is 2.95. The molecular weight excluding hydrogens is 289 g/mol. The second-order valence-electron chi connectivity index (χ2n) is 4.85. The molecular formula is C16H16FNS2. The van der Waals surface area contributed by atoms with Gasteiger partial charge in [-0.15, -0.1) is 22.7 Å². The van der Waals surface area contributed by atoms with Crippen LogP contribution in [-0.4, -0.2) is 6.54 Å². The maximum atomic E-state index is 13.7. The van der Waals surface area contributed by atoms with Crippen LogP contribution in [0, 0.1) is 12.7 Å². The molecule has 0 aliphatic carbocycles. The van der Waals surface area contributed by atoms with Crippen molar-refractivity contribution in [2.24, 2.45) is 0 Å². The number of halogens is 1. The maximum absolute atomic E-state index is 13.7. The Morgan fingerprint density at radius 1 is 1.20 bits per heavy atom. The van der Waals surface area contributed by atoms with Gasteiger partial charge in [0.25, 0.3) is 0 Å². The van der Waals surface area contributed by atoms with Gasteiger partial charge in [0.15, 0.2) is 0 Å². The summed E-state index contributed by atoms with van der Waals surface area (Å²) in [6.45, 7) is 4.86. The summed E-state index contributed by atoms with van der Waals surface area (Å²) in [6, 6.07) is 9.70. The lowest BCUT2D eigenvalue weighted by atomic mass is 10.0. The lowest BCUT2D eigenvalue weighted by Crippen LogP contribution is -2.21. The Morgan fingerprint density at radius 2 is 2.05 bits per heavy atom. The molecule has 1 unspecified atom stereocenters. The van der Waals surface area contributed by atoms with Gasteiger partial charge in [-0.1, -0.05) is 13.0 Å². The van der Waals surface area contributed by atoms with Crippen LogP contribution in [0.2, 0.25) is 0 Å². The zero-order valence-corrected chi connectivity index (χ0v) is 13.1. The third kappa shape index (κ3) is 2.64. The van der Waals surface area contributed by atoms with Gasteiger partial charge in [0.2, 0.25) is 0 Å². The molecule has 1 atom stereocenters. The molecule has 2 heterocycles. The predicted octanol–water partition coefficient (Wildman–Crippen LogP) is 5.11. The highest BCUT2D eigenvalue weighted by molar-refractivity contribution is 7.27. The molecule has 0 spiro atoms. The average molecular weight is 305 g/mol. The summed E-state index contributed by atoms with van der Waals surface area (Å²) >= 11 is 3.54. The third-order valence-corrected chi connectivity index (χ3v) is 5.41. The van der Waals surface area contributed by atoms with Gasteiger partial charge >= 0.3 is 0 Å². The molecule has 0 saturated carbocycles. The van der Waals surface area contributed by atoms with Gasteiger partial charge in [0.05, 0.1) is 6.04 Å². The number of hydrogen-bond acceptors (Lipinski definition) is 3. The Bertz CT molecular complexity index is 680. The van der Waals surface area contributed by atoms with E-state index in [1.54, 1.807) is 34.8 Å². The number of aryl methyl sites for hydroxylation is 1. The number of benzene rings is 1. The van der Waals surface area contributed by atoms with E-state index in [4.69, 9.17) is 0 Å². The largest absolute Gasteiger partial charge is 0.306 e. The molecule has 0 saturated heterocycles. The number of nitrogens with one attached hydrogen (secondary N) is 1. The van der Waals surface area contributed by atoms with Crippen LogP contribution in [0.5, 0.6) is 0 Å². The van der Waals surface area contributed by atoms with Crippen molar-refractivity contribution < 1.29 is 4.39 Å². The highest BCUT2D eigenvalue weighted by Gasteiger charge is 2.17. The van der Waals surface area contributed by atoms with Crippen LogP contribution >= 0.6 is 22.7 Å². The second-order valence-corrected chi connectivity index (χ2v) is 6.91. The molecule has 0 bridgehead atoms. The Kier molecular flexibility index (Phi) is 3.87. The highest BCUT2D eigenvalue weighted by Crippen LogP contribution is 2.36. The van der Waals surface area contributed by atoms with Gasteiger partial charge < -0.3 is 5.32 Å². The van der Waals surface area contributed by atoms with Crippen molar-refractivity contribution in [2.45, 2.75) is 19.9 Å². The van der Waals surface area contributed by atoms with E-state index in [1.165, 1.54) is 14.3 Å². The molecule has 104 valence electrons. The minimum atomic E-state index is -0.165. The molecule has 2 aromatic heterocycles. The summed E-state index contributed by atoms with van der Waals surface area (Å²) in [5.74, 6) is -0.165. The van der Waals surface area contributed by atoms with E-state index < -0.39 is 0 Å². The van der Waals surface area contributed by atoms with E-state index in [0.29, 0.717) is 0 Å². The van der Waals surface area contributed by atoms with Crippen molar-refractivity contribution in [2.75, 3.05) is 6.54 Å². The molecule has 0 amide bonds. The first kappa shape index (κ1) is 13.7. The number of rotatable bonds is 4. The van der Waals surface area contributed by atoms with Gasteiger partial charge in [-0.2, -0.15) is 0 Å². The van der Waals surface area contributed by atoms with Crippen LogP contribution in [0.1, 0.15) is 29.0 Å². The molecule has 1 aromatic carbocycles. The first-order valence-corrected chi connectivity index (χ1v) is 8.34. The fraction of sp³-hybridized carbons (Fsp3) is 0.250. The summed E-state index contributed by atoms with van der Waals surface area (Å²) in [7, 11) is 0. The highest BCUT2D eigenvalue weighted by atomic mass is 32.1. The lowest BCUT2D eigenvalue weighted by molar-refractivity contribution is 0.605. The molecule has 1 N–H and O–H groups in total. The molecule has 0 aliphatic heterocycles. The van der Waals surface area contributed by atoms with Crippen molar-refractivity contribution in [3.63, 3.8) is 0 Å². The van der Waals surface area contributed by atoms with Crippen LogP contribution in [0.25, 0.3) is 9.40 Å². The van der Waals surface area contributed by atoms with Crippen LogP contribution in [0.15, 0.2) is 35.7 Å². The topological polar surface area (TPSA) is 12.0 Å². The number of fused-ring (bicyclic) bond motifs is 1. The van der Waals surface area contributed by atoms with E-state index in [2.05, 4.69) is 35.8 Å². The predicted molar refractivity (Wildman–Crippen MR) is 86.4 cm³/mol. The minimum absolute atomic E-state index is 0.0685. The summed E-state index contributed by atoms with van der Waals surface area (Å²) in [4.78, 5) is 1.25. The first-order valence-electron chi connectivity index (χ1n) is 6.65. The Balaban J connectivity index is 2.05. The fourth-order valence-corrected chi connectivity index (χ4v) is 4.67. The van der Waals surface area contributed by atoms with E-state index in [1.807, 2.05) is 6.92 Å². The summed E-state index contributed by atoms with van der Waals surface area (Å²) in [6.07, 6.45) is 0. The van der Waals surface area contributed by atoms with Gasteiger partial charge in [0.1, 0.15) is 5.82 Å². The first-order chi connectivity index (χ1) is 9.67. The SMILES string of the molecule is CCNC(c1cc(C)cc(F)c1)c1cc2sccc2s1. The Labute approximate surface area is 126 Å². The molecule has 3 rings (SSSR count). The molecule has 3 aromatic rings. The molecule has 0 fully saturated rings. The normalized spacial score (nSPS) is 12.9. The summed E-state index contributed by atoms with van der Waals surface area (Å²) < 4.78 is 16.3. The maximum Gasteiger partial charge on any atom is 0.123 e. The standard InChI is InChI=1S/C16H16FNS2/c1-3-18-16(11-6-10(2)7-12(17)8-11)15-9-14-13(20-15)4-5-19-14/h4-9,16,18H,3H2,1-2H3. The van der Waals surface area contributed by atoms with Crippen LogP contribution < -0.4 is 5.32 Å². The smallest absolute Gasteiger partial charge is 0.123 e. The molecule has 4 heteroatoms. The summed E-state index contributed by atoms with van der Waals surface area (Å²) in [5, 5.41) is 5.58. The molecule has 1 nitrogen and oxygen atoms in total. The van der Waals surface area contributed by atoms with Gasteiger partial charge in [-0.3, -0.25) is 0 Å². The summed E-state index contributed by atoms with van der Waals surface area (Å²) in [5.41, 5.74) is 1.96. The zero-order valence-electron chi connectivity index (χ0n) is 11.4. The monoisotopic (exact) mass is 305 g/mol.